The first-order valence-electron chi connectivity index (χ1n) is 4.00. The molecule has 1 atom stereocenters. The topological polar surface area (TPSA) is 46.5 Å². The zero-order valence-corrected chi connectivity index (χ0v) is 7.67. The number of hydrogen-bond donors (Lipinski definition) is 1. The molecule has 1 unspecified atom stereocenters. The first kappa shape index (κ1) is 11.2. The molecule has 0 aliphatic carbocycles. The van der Waals surface area contributed by atoms with E-state index in [1.54, 1.807) is 19.9 Å². The second kappa shape index (κ2) is 4.93. The minimum absolute atomic E-state index is 0.0207. The number of carbonyl (C=O) groups is 1. The zero-order valence-electron chi connectivity index (χ0n) is 7.67. The van der Waals surface area contributed by atoms with Crippen molar-refractivity contribution in [2.24, 2.45) is 0 Å². The van der Waals surface area contributed by atoms with E-state index in [1.807, 2.05) is 0 Å². The number of aliphatic hydroxyl groups is 1. The van der Waals surface area contributed by atoms with Crippen LogP contribution in [-0.4, -0.2) is 23.3 Å². The number of ether oxygens (including phenoxy) is 1. The molecule has 0 aromatic heterocycles. The van der Waals surface area contributed by atoms with E-state index in [4.69, 9.17) is 4.74 Å². The number of hydrogen-bond acceptors (Lipinski definition) is 3. The Morgan fingerprint density at radius 2 is 2.33 bits per heavy atom. The van der Waals surface area contributed by atoms with Gasteiger partial charge in [0.05, 0.1) is 18.6 Å². The Morgan fingerprint density at radius 1 is 1.75 bits per heavy atom. The molecule has 70 valence electrons. The van der Waals surface area contributed by atoms with Gasteiger partial charge in [0.15, 0.2) is 0 Å². The Balaban J connectivity index is 3.87. The van der Waals surface area contributed by atoms with Gasteiger partial charge in [0.1, 0.15) is 0 Å². The average molecular weight is 172 g/mol. The van der Waals surface area contributed by atoms with Gasteiger partial charge in [0.2, 0.25) is 0 Å². The molecule has 0 heterocycles. The maximum Gasteiger partial charge on any atom is 0.308 e. The van der Waals surface area contributed by atoms with Crippen LogP contribution in [0.5, 0.6) is 0 Å². The van der Waals surface area contributed by atoms with Crippen LogP contribution in [0.2, 0.25) is 0 Å². The Kier molecular flexibility index (Phi) is 4.59. The van der Waals surface area contributed by atoms with Crippen molar-refractivity contribution in [2.75, 3.05) is 6.61 Å². The molecule has 0 radical (unpaired) electrons. The first-order chi connectivity index (χ1) is 5.52. The van der Waals surface area contributed by atoms with Crippen LogP contribution in [0.25, 0.3) is 0 Å². The van der Waals surface area contributed by atoms with Crippen molar-refractivity contribution in [3.05, 3.63) is 12.7 Å². The molecule has 0 rings (SSSR count). The van der Waals surface area contributed by atoms with Crippen LogP contribution >= 0.6 is 0 Å². The minimum Gasteiger partial charge on any atom is -0.466 e. The van der Waals surface area contributed by atoms with Crippen molar-refractivity contribution < 1.29 is 14.6 Å². The van der Waals surface area contributed by atoms with E-state index >= 15 is 0 Å². The molecule has 0 aromatic rings. The predicted molar refractivity (Wildman–Crippen MR) is 46.7 cm³/mol. The molecule has 12 heavy (non-hydrogen) atoms. The van der Waals surface area contributed by atoms with Crippen molar-refractivity contribution >= 4 is 5.97 Å². The van der Waals surface area contributed by atoms with E-state index in [1.165, 1.54) is 0 Å². The maximum absolute atomic E-state index is 10.9. The highest BCUT2D eigenvalue weighted by Crippen LogP contribution is 2.15. The summed E-state index contributed by atoms with van der Waals surface area (Å²) in [4.78, 5) is 10.9. The lowest BCUT2D eigenvalue weighted by atomic mass is 9.98. The van der Waals surface area contributed by atoms with Gasteiger partial charge in [0, 0.05) is 0 Å². The van der Waals surface area contributed by atoms with Crippen LogP contribution in [0.4, 0.5) is 0 Å². The molecule has 3 heteroatoms. The van der Waals surface area contributed by atoms with Crippen LogP contribution in [0.15, 0.2) is 12.7 Å². The fourth-order valence-corrected chi connectivity index (χ4v) is 0.906. The van der Waals surface area contributed by atoms with Gasteiger partial charge in [-0.1, -0.05) is 6.08 Å². The van der Waals surface area contributed by atoms with Crippen molar-refractivity contribution in [3.63, 3.8) is 0 Å². The van der Waals surface area contributed by atoms with E-state index in [2.05, 4.69) is 6.58 Å². The first-order valence-corrected chi connectivity index (χ1v) is 4.00. The Labute approximate surface area is 73.0 Å². The van der Waals surface area contributed by atoms with Crippen LogP contribution in [0.1, 0.15) is 26.7 Å². The molecule has 0 saturated heterocycles. The van der Waals surface area contributed by atoms with E-state index in [-0.39, 0.29) is 12.4 Å². The summed E-state index contributed by atoms with van der Waals surface area (Å²) in [7, 11) is 0. The third-order valence-electron chi connectivity index (χ3n) is 1.41. The highest BCUT2D eigenvalue weighted by molar-refractivity contribution is 5.70. The summed E-state index contributed by atoms with van der Waals surface area (Å²) in [6, 6.07) is 0. The quantitative estimate of drug-likeness (QED) is 0.501. The van der Waals surface area contributed by atoms with Crippen molar-refractivity contribution in [3.8, 4) is 0 Å². The van der Waals surface area contributed by atoms with Crippen LogP contribution < -0.4 is 0 Å². The third kappa shape index (κ3) is 4.91. The van der Waals surface area contributed by atoms with E-state index in [0.29, 0.717) is 13.0 Å². The third-order valence-corrected chi connectivity index (χ3v) is 1.41. The molecule has 0 saturated carbocycles. The summed E-state index contributed by atoms with van der Waals surface area (Å²) in [5, 5.41) is 9.54. The highest BCUT2D eigenvalue weighted by Gasteiger charge is 2.23. The maximum atomic E-state index is 10.9. The summed E-state index contributed by atoms with van der Waals surface area (Å²) < 4.78 is 4.69. The Morgan fingerprint density at radius 3 is 2.75 bits per heavy atom. The number of rotatable bonds is 5. The SMILES string of the molecule is C=CCC(C)(O)CC(=O)OCC. The standard InChI is InChI=1S/C9H16O3/c1-4-6-9(3,11)7-8(10)12-5-2/h4,11H,1,5-7H2,2-3H3. The van der Waals surface area contributed by atoms with E-state index < -0.39 is 5.60 Å². The van der Waals surface area contributed by atoms with Gasteiger partial charge in [-0.3, -0.25) is 4.79 Å². The molecule has 0 aromatic carbocycles. The van der Waals surface area contributed by atoms with Crippen molar-refractivity contribution in [1.29, 1.82) is 0 Å². The lowest BCUT2D eigenvalue weighted by Crippen LogP contribution is -2.28. The van der Waals surface area contributed by atoms with Gasteiger partial charge in [-0.15, -0.1) is 6.58 Å². The van der Waals surface area contributed by atoms with Gasteiger partial charge < -0.3 is 9.84 Å². The van der Waals surface area contributed by atoms with Crippen LogP contribution in [-0.2, 0) is 9.53 Å². The van der Waals surface area contributed by atoms with Crippen LogP contribution in [0, 0.1) is 0 Å². The summed E-state index contributed by atoms with van der Waals surface area (Å²) in [5.74, 6) is -0.371. The molecule has 3 nitrogen and oxygen atoms in total. The predicted octanol–water partition coefficient (Wildman–Crippen LogP) is 1.27. The van der Waals surface area contributed by atoms with Crippen molar-refractivity contribution in [1.82, 2.24) is 0 Å². The Hall–Kier alpha value is -0.830. The molecule has 0 fully saturated rings. The molecule has 0 spiro atoms. The molecule has 0 aliphatic rings. The minimum atomic E-state index is -1.02. The lowest BCUT2D eigenvalue weighted by Gasteiger charge is -2.19. The van der Waals surface area contributed by atoms with Gasteiger partial charge in [0.25, 0.3) is 0 Å². The normalized spacial score (nSPS) is 14.9. The van der Waals surface area contributed by atoms with Gasteiger partial charge >= 0.3 is 5.97 Å². The molecular weight excluding hydrogens is 156 g/mol. The fourth-order valence-electron chi connectivity index (χ4n) is 0.906. The zero-order chi connectivity index (χ0) is 9.61. The molecule has 0 aliphatic heterocycles. The summed E-state index contributed by atoms with van der Waals surface area (Å²) in [6.07, 6.45) is 2.00. The van der Waals surface area contributed by atoms with Gasteiger partial charge in [-0.2, -0.15) is 0 Å². The van der Waals surface area contributed by atoms with Gasteiger partial charge in [-0.05, 0) is 20.3 Å². The van der Waals surface area contributed by atoms with Crippen molar-refractivity contribution in [2.45, 2.75) is 32.3 Å². The fraction of sp³-hybridized carbons (Fsp3) is 0.667. The summed E-state index contributed by atoms with van der Waals surface area (Å²) in [6.45, 7) is 7.16. The second-order valence-corrected chi connectivity index (χ2v) is 2.97. The summed E-state index contributed by atoms with van der Waals surface area (Å²) in [5.41, 5.74) is -1.02. The van der Waals surface area contributed by atoms with Gasteiger partial charge in [-0.25, -0.2) is 0 Å². The van der Waals surface area contributed by atoms with Crippen LogP contribution in [0.3, 0.4) is 0 Å². The van der Waals surface area contributed by atoms with E-state index in [0.717, 1.165) is 0 Å². The monoisotopic (exact) mass is 172 g/mol. The molecule has 1 N–H and O–H groups in total. The Bertz CT molecular complexity index is 161. The van der Waals surface area contributed by atoms with E-state index in [9.17, 15) is 9.90 Å². The smallest absolute Gasteiger partial charge is 0.308 e. The second-order valence-electron chi connectivity index (χ2n) is 2.97. The molecule has 0 bridgehead atoms. The highest BCUT2D eigenvalue weighted by atomic mass is 16.5. The largest absolute Gasteiger partial charge is 0.466 e. The lowest BCUT2D eigenvalue weighted by molar-refractivity contribution is -0.147. The average Bonchev–Trinajstić information content (AvgIpc) is 1.85. The number of carbonyl (C=O) groups excluding carboxylic acids is 1. The molecule has 0 amide bonds. The summed E-state index contributed by atoms with van der Waals surface area (Å²) >= 11 is 0. The molecular formula is C9H16O3. The number of esters is 1.